The van der Waals surface area contributed by atoms with Gasteiger partial charge in [-0.05, 0) is 40.9 Å². The molecule has 1 aromatic rings. The molecular weight excluding hydrogens is 270 g/mol. The largest absolute Gasteiger partial charge is 0.453 e. The van der Waals surface area contributed by atoms with Crippen LogP contribution in [0.4, 0.5) is 0 Å². The number of furan rings is 1. The number of aliphatic hydroxyl groups is 1. The molecule has 92 valence electrons. The van der Waals surface area contributed by atoms with Gasteiger partial charge in [0.2, 0.25) is 0 Å². The van der Waals surface area contributed by atoms with E-state index in [1.165, 1.54) is 0 Å². The zero-order chi connectivity index (χ0) is 12.0. The van der Waals surface area contributed by atoms with Crippen LogP contribution in [-0.4, -0.2) is 18.3 Å². The van der Waals surface area contributed by atoms with Crippen LogP contribution in [0.2, 0.25) is 0 Å². The average Bonchev–Trinajstić information content (AvgIpc) is 2.71. The molecule has 2 N–H and O–H groups in total. The van der Waals surface area contributed by atoms with Gasteiger partial charge in [-0.1, -0.05) is 13.8 Å². The molecular formula is C12H20BrNO2. The second-order valence-electron chi connectivity index (χ2n) is 4.17. The monoisotopic (exact) mass is 289 g/mol. The molecule has 1 heterocycles. The summed E-state index contributed by atoms with van der Waals surface area (Å²) in [6, 6.07) is 3.82. The van der Waals surface area contributed by atoms with Gasteiger partial charge in [0.1, 0.15) is 5.76 Å². The normalized spacial score (nSPS) is 12.0. The molecule has 0 aliphatic rings. The number of hydrogen-bond acceptors (Lipinski definition) is 3. The van der Waals surface area contributed by atoms with E-state index in [0.717, 1.165) is 29.8 Å². The molecule has 0 amide bonds. The molecule has 16 heavy (non-hydrogen) atoms. The van der Waals surface area contributed by atoms with Gasteiger partial charge < -0.3 is 14.8 Å². The van der Waals surface area contributed by atoms with Gasteiger partial charge in [-0.3, -0.25) is 0 Å². The Labute approximate surface area is 105 Å². The molecule has 0 aliphatic carbocycles. The molecule has 0 aliphatic heterocycles. The second-order valence-corrected chi connectivity index (χ2v) is 4.96. The van der Waals surface area contributed by atoms with Gasteiger partial charge in [0.05, 0.1) is 6.54 Å². The van der Waals surface area contributed by atoms with Crippen LogP contribution in [0.3, 0.4) is 0 Å². The van der Waals surface area contributed by atoms with Crippen molar-refractivity contribution in [3.8, 4) is 0 Å². The van der Waals surface area contributed by atoms with E-state index in [0.29, 0.717) is 6.54 Å². The predicted octanol–water partition coefficient (Wildman–Crippen LogP) is 2.93. The van der Waals surface area contributed by atoms with Crippen molar-refractivity contribution in [2.75, 3.05) is 13.2 Å². The molecule has 0 atom stereocenters. The Morgan fingerprint density at radius 1 is 1.38 bits per heavy atom. The van der Waals surface area contributed by atoms with Gasteiger partial charge in [-0.2, -0.15) is 0 Å². The van der Waals surface area contributed by atoms with E-state index in [1.54, 1.807) is 0 Å². The van der Waals surface area contributed by atoms with Gasteiger partial charge in [0.15, 0.2) is 4.67 Å². The molecule has 1 rings (SSSR count). The van der Waals surface area contributed by atoms with Gasteiger partial charge in [-0.15, -0.1) is 0 Å². The third-order valence-electron chi connectivity index (χ3n) is 3.26. The van der Waals surface area contributed by atoms with Crippen LogP contribution in [0.5, 0.6) is 0 Å². The van der Waals surface area contributed by atoms with Crippen LogP contribution in [0.15, 0.2) is 21.2 Å². The topological polar surface area (TPSA) is 45.4 Å². The summed E-state index contributed by atoms with van der Waals surface area (Å²) in [5, 5.41) is 12.7. The number of aliphatic hydroxyl groups excluding tert-OH is 1. The highest BCUT2D eigenvalue weighted by atomic mass is 79.9. The van der Waals surface area contributed by atoms with Crippen molar-refractivity contribution in [3.63, 3.8) is 0 Å². The Balaban J connectivity index is 2.39. The van der Waals surface area contributed by atoms with E-state index >= 15 is 0 Å². The Bertz CT molecular complexity index is 299. The van der Waals surface area contributed by atoms with Crippen molar-refractivity contribution < 1.29 is 9.52 Å². The van der Waals surface area contributed by atoms with Gasteiger partial charge in [0.25, 0.3) is 0 Å². The summed E-state index contributed by atoms with van der Waals surface area (Å²) in [5.74, 6) is 0.908. The lowest BCUT2D eigenvalue weighted by Crippen LogP contribution is -2.36. The van der Waals surface area contributed by atoms with E-state index in [4.69, 9.17) is 4.42 Å². The fourth-order valence-electron chi connectivity index (χ4n) is 1.68. The van der Waals surface area contributed by atoms with Crippen LogP contribution in [0.1, 0.15) is 32.4 Å². The van der Waals surface area contributed by atoms with Crippen LogP contribution < -0.4 is 5.32 Å². The molecule has 0 bridgehead atoms. The lowest BCUT2D eigenvalue weighted by atomic mass is 9.83. The fraction of sp³-hybridized carbons (Fsp3) is 0.667. The van der Waals surface area contributed by atoms with E-state index < -0.39 is 0 Å². The van der Waals surface area contributed by atoms with Crippen LogP contribution in [0, 0.1) is 5.41 Å². The van der Waals surface area contributed by atoms with Crippen molar-refractivity contribution >= 4 is 15.9 Å². The summed E-state index contributed by atoms with van der Waals surface area (Å²) in [6.07, 6.45) is 1.96. The summed E-state index contributed by atoms with van der Waals surface area (Å²) >= 11 is 3.27. The molecule has 0 unspecified atom stereocenters. The number of nitrogens with one attached hydrogen (secondary N) is 1. The standard InChI is InChI=1S/C12H20BrNO2/c1-3-12(4-2,9-15)8-14-7-10-5-6-11(13)16-10/h5-6,14-15H,3-4,7-9H2,1-2H3. The average molecular weight is 290 g/mol. The summed E-state index contributed by atoms with van der Waals surface area (Å²) in [7, 11) is 0. The van der Waals surface area contributed by atoms with Gasteiger partial charge >= 0.3 is 0 Å². The summed E-state index contributed by atoms with van der Waals surface area (Å²) < 4.78 is 6.14. The van der Waals surface area contributed by atoms with Crippen LogP contribution in [-0.2, 0) is 6.54 Å². The minimum atomic E-state index is 0.00379. The second kappa shape index (κ2) is 6.42. The first kappa shape index (κ1) is 13.7. The maximum atomic E-state index is 9.41. The highest BCUT2D eigenvalue weighted by molar-refractivity contribution is 9.10. The Morgan fingerprint density at radius 3 is 2.50 bits per heavy atom. The zero-order valence-corrected chi connectivity index (χ0v) is 11.5. The van der Waals surface area contributed by atoms with E-state index in [9.17, 15) is 5.11 Å². The molecule has 0 saturated carbocycles. The molecule has 0 fully saturated rings. The highest BCUT2D eigenvalue weighted by Gasteiger charge is 2.24. The van der Waals surface area contributed by atoms with Crippen LogP contribution in [0.25, 0.3) is 0 Å². The van der Waals surface area contributed by atoms with Crippen LogP contribution >= 0.6 is 15.9 Å². The molecule has 0 saturated heterocycles. The van der Waals surface area contributed by atoms with Gasteiger partial charge in [-0.25, -0.2) is 0 Å². The zero-order valence-electron chi connectivity index (χ0n) is 9.92. The Kier molecular flexibility index (Phi) is 5.52. The quantitative estimate of drug-likeness (QED) is 0.811. The van der Waals surface area contributed by atoms with Crippen molar-refractivity contribution in [2.45, 2.75) is 33.2 Å². The molecule has 0 radical (unpaired) electrons. The summed E-state index contributed by atoms with van der Waals surface area (Å²) in [4.78, 5) is 0. The minimum Gasteiger partial charge on any atom is -0.453 e. The summed E-state index contributed by atoms with van der Waals surface area (Å²) in [6.45, 7) is 5.98. The first-order valence-electron chi connectivity index (χ1n) is 5.71. The van der Waals surface area contributed by atoms with Gasteiger partial charge in [0, 0.05) is 18.6 Å². The first-order valence-corrected chi connectivity index (χ1v) is 6.51. The number of halogens is 1. The van der Waals surface area contributed by atoms with E-state index in [-0.39, 0.29) is 12.0 Å². The maximum absolute atomic E-state index is 9.41. The lowest BCUT2D eigenvalue weighted by Gasteiger charge is -2.29. The lowest BCUT2D eigenvalue weighted by molar-refractivity contribution is 0.112. The smallest absolute Gasteiger partial charge is 0.169 e. The Hall–Kier alpha value is -0.320. The van der Waals surface area contributed by atoms with Crippen molar-refractivity contribution in [3.05, 3.63) is 22.6 Å². The molecule has 1 aromatic heterocycles. The molecule has 3 nitrogen and oxygen atoms in total. The van der Waals surface area contributed by atoms with Crippen molar-refractivity contribution in [2.24, 2.45) is 5.41 Å². The van der Waals surface area contributed by atoms with Crippen molar-refractivity contribution in [1.29, 1.82) is 0 Å². The molecule has 0 aromatic carbocycles. The van der Waals surface area contributed by atoms with E-state index in [1.807, 2.05) is 12.1 Å². The third kappa shape index (κ3) is 3.61. The van der Waals surface area contributed by atoms with Crippen molar-refractivity contribution in [1.82, 2.24) is 5.32 Å². The minimum absolute atomic E-state index is 0.00379. The third-order valence-corrected chi connectivity index (χ3v) is 3.69. The highest BCUT2D eigenvalue weighted by Crippen LogP contribution is 2.24. The maximum Gasteiger partial charge on any atom is 0.169 e. The number of hydrogen-bond donors (Lipinski definition) is 2. The predicted molar refractivity (Wildman–Crippen MR) is 68.2 cm³/mol. The molecule has 4 heteroatoms. The SMILES string of the molecule is CCC(CC)(CO)CNCc1ccc(Br)o1. The summed E-state index contributed by atoms with van der Waals surface area (Å²) in [5.41, 5.74) is 0.00379. The fourth-order valence-corrected chi connectivity index (χ4v) is 2.02. The molecule has 0 spiro atoms. The van der Waals surface area contributed by atoms with E-state index in [2.05, 4.69) is 35.1 Å². The number of rotatable bonds is 7. The first-order chi connectivity index (χ1) is 7.65. The Morgan fingerprint density at radius 2 is 2.06 bits per heavy atom.